The molecule has 3 nitrogen and oxygen atoms in total. The van der Waals surface area contributed by atoms with Gasteiger partial charge in [-0.25, -0.2) is 0 Å². The first-order chi connectivity index (χ1) is 5.70. The van der Waals surface area contributed by atoms with E-state index in [1.54, 1.807) is 12.4 Å². The second-order valence-electron chi connectivity index (χ2n) is 3.10. The van der Waals surface area contributed by atoms with E-state index in [4.69, 9.17) is 5.73 Å². The van der Waals surface area contributed by atoms with Crippen LogP contribution in [0.3, 0.4) is 0 Å². The summed E-state index contributed by atoms with van der Waals surface area (Å²) < 4.78 is 0. The molecule has 0 aliphatic heterocycles. The molecule has 0 aliphatic carbocycles. The maximum Gasteiger partial charge on any atom is 0.0616 e. The molecule has 1 aromatic heterocycles. The van der Waals surface area contributed by atoms with Crippen LogP contribution in [0.2, 0.25) is 0 Å². The van der Waals surface area contributed by atoms with Crippen molar-refractivity contribution in [1.29, 1.82) is 0 Å². The highest BCUT2D eigenvalue weighted by Gasteiger charge is 2.01. The van der Waals surface area contributed by atoms with E-state index in [0.29, 0.717) is 0 Å². The van der Waals surface area contributed by atoms with E-state index in [1.807, 2.05) is 13.8 Å². The summed E-state index contributed by atoms with van der Waals surface area (Å²) in [7, 11) is 0. The second-order valence-corrected chi connectivity index (χ2v) is 3.10. The zero-order chi connectivity index (χ0) is 8.97. The molecule has 1 aromatic rings. The lowest BCUT2D eigenvalue weighted by atomic mass is 10.1. The number of aromatic nitrogens is 2. The Morgan fingerprint density at radius 3 is 2.67 bits per heavy atom. The molecule has 66 valence electrons. The molecule has 1 rings (SSSR count). The Balaban J connectivity index is 2.57. The van der Waals surface area contributed by atoms with E-state index >= 15 is 0 Å². The van der Waals surface area contributed by atoms with Crippen LogP contribution in [0.5, 0.6) is 0 Å². The molecule has 0 fully saturated rings. The predicted octanol–water partition coefficient (Wildman–Crippen LogP) is 1.06. The van der Waals surface area contributed by atoms with Gasteiger partial charge in [-0.2, -0.15) is 0 Å². The van der Waals surface area contributed by atoms with Gasteiger partial charge in [0.25, 0.3) is 0 Å². The van der Waals surface area contributed by atoms with Crippen LogP contribution in [0.25, 0.3) is 0 Å². The highest BCUT2D eigenvalue weighted by Crippen LogP contribution is 2.03. The maximum absolute atomic E-state index is 5.64. The first-order valence-electron chi connectivity index (χ1n) is 4.22. The van der Waals surface area contributed by atoms with Crippen LogP contribution in [0.15, 0.2) is 12.4 Å². The highest BCUT2D eigenvalue weighted by molar-refractivity contribution is 5.08. The Labute approximate surface area is 73.0 Å². The van der Waals surface area contributed by atoms with Crippen LogP contribution in [-0.2, 0) is 6.42 Å². The fourth-order valence-corrected chi connectivity index (χ4v) is 1.05. The fraction of sp³-hybridized carbons (Fsp3) is 0.556. The van der Waals surface area contributed by atoms with Crippen LogP contribution in [0.4, 0.5) is 0 Å². The number of nitrogens with zero attached hydrogens (tertiary/aromatic N) is 2. The van der Waals surface area contributed by atoms with Gasteiger partial charge in [0, 0.05) is 18.4 Å². The quantitative estimate of drug-likeness (QED) is 0.728. The van der Waals surface area contributed by atoms with Gasteiger partial charge < -0.3 is 5.73 Å². The van der Waals surface area contributed by atoms with Crippen molar-refractivity contribution >= 4 is 0 Å². The standard InChI is InChI=1S/C9H15N3/c1-7(10)3-4-9-8(2)11-5-6-12-9/h5-7H,3-4,10H2,1-2H3/t7-/m0/s1. The highest BCUT2D eigenvalue weighted by atomic mass is 14.8. The first kappa shape index (κ1) is 9.13. The Kier molecular flexibility index (Phi) is 3.17. The minimum Gasteiger partial charge on any atom is -0.328 e. The monoisotopic (exact) mass is 165 g/mol. The molecule has 1 atom stereocenters. The third-order valence-corrected chi connectivity index (χ3v) is 1.82. The van der Waals surface area contributed by atoms with Crippen molar-refractivity contribution in [2.24, 2.45) is 5.73 Å². The zero-order valence-electron chi connectivity index (χ0n) is 7.62. The van der Waals surface area contributed by atoms with Gasteiger partial charge in [0.15, 0.2) is 0 Å². The lowest BCUT2D eigenvalue weighted by Gasteiger charge is -2.05. The van der Waals surface area contributed by atoms with E-state index in [2.05, 4.69) is 9.97 Å². The van der Waals surface area contributed by atoms with E-state index in [-0.39, 0.29) is 6.04 Å². The van der Waals surface area contributed by atoms with Crippen LogP contribution in [0, 0.1) is 6.92 Å². The third kappa shape index (κ3) is 2.58. The van der Waals surface area contributed by atoms with Crippen LogP contribution in [-0.4, -0.2) is 16.0 Å². The molecule has 0 saturated heterocycles. The second kappa shape index (κ2) is 4.16. The molecular weight excluding hydrogens is 150 g/mol. The Morgan fingerprint density at radius 2 is 2.08 bits per heavy atom. The van der Waals surface area contributed by atoms with Crippen molar-refractivity contribution in [3.63, 3.8) is 0 Å². The molecule has 0 amide bonds. The lowest BCUT2D eigenvalue weighted by molar-refractivity contribution is 0.654. The smallest absolute Gasteiger partial charge is 0.0616 e. The number of hydrogen-bond donors (Lipinski definition) is 1. The summed E-state index contributed by atoms with van der Waals surface area (Å²) in [5.41, 5.74) is 7.72. The zero-order valence-corrected chi connectivity index (χ0v) is 7.62. The van der Waals surface area contributed by atoms with E-state index in [0.717, 1.165) is 24.2 Å². The topological polar surface area (TPSA) is 51.8 Å². The van der Waals surface area contributed by atoms with Gasteiger partial charge in [-0.1, -0.05) is 0 Å². The summed E-state index contributed by atoms with van der Waals surface area (Å²) in [5, 5.41) is 0. The minimum absolute atomic E-state index is 0.242. The third-order valence-electron chi connectivity index (χ3n) is 1.82. The average Bonchev–Trinajstić information content (AvgIpc) is 2.03. The average molecular weight is 165 g/mol. The Morgan fingerprint density at radius 1 is 1.42 bits per heavy atom. The van der Waals surface area contributed by atoms with Crippen LogP contribution < -0.4 is 5.73 Å². The van der Waals surface area contributed by atoms with Crippen molar-refractivity contribution in [2.45, 2.75) is 32.7 Å². The molecule has 0 aliphatic rings. The summed E-state index contributed by atoms with van der Waals surface area (Å²) in [6.45, 7) is 3.98. The van der Waals surface area contributed by atoms with Gasteiger partial charge in [0.2, 0.25) is 0 Å². The molecule has 0 spiro atoms. The molecule has 12 heavy (non-hydrogen) atoms. The number of rotatable bonds is 3. The SMILES string of the molecule is Cc1nccnc1CC[C@H](C)N. The van der Waals surface area contributed by atoms with Gasteiger partial charge in [-0.3, -0.25) is 9.97 Å². The van der Waals surface area contributed by atoms with E-state index in [9.17, 15) is 0 Å². The van der Waals surface area contributed by atoms with Crippen molar-refractivity contribution in [3.05, 3.63) is 23.8 Å². The van der Waals surface area contributed by atoms with Gasteiger partial charge in [-0.05, 0) is 26.7 Å². The summed E-state index contributed by atoms with van der Waals surface area (Å²) in [6, 6.07) is 0.242. The lowest BCUT2D eigenvalue weighted by Crippen LogP contribution is -2.16. The molecule has 0 unspecified atom stereocenters. The summed E-state index contributed by atoms with van der Waals surface area (Å²) in [4.78, 5) is 8.39. The van der Waals surface area contributed by atoms with E-state index in [1.165, 1.54) is 0 Å². The van der Waals surface area contributed by atoms with Crippen molar-refractivity contribution in [1.82, 2.24) is 9.97 Å². The van der Waals surface area contributed by atoms with Gasteiger partial charge in [-0.15, -0.1) is 0 Å². The molecule has 0 radical (unpaired) electrons. The number of nitrogens with two attached hydrogens (primary N) is 1. The van der Waals surface area contributed by atoms with Crippen LogP contribution in [0.1, 0.15) is 24.7 Å². The van der Waals surface area contributed by atoms with Gasteiger partial charge >= 0.3 is 0 Å². The molecule has 3 heteroatoms. The molecular formula is C9H15N3. The van der Waals surface area contributed by atoms with Crippen molar-refractivity contribution < 1.29 is 0 Å². The normalized spacial score (nSPS) is 12.9. The largest absolute Gasteiger partial charge is 0.328 e. The maximum atomic E-state index is 5.64. The Bertz CT molecular complexity index is 245. The fourth-order valence-electron chi connectivity index (χ4n) is 1.05. The summed E-state index contributed by atoms with van der Waals surface area (Å²) in [6.07, 6.45) is 5.34. The summed E-state index contributed by atoms with van der Waals surface area (Å²) >= 11 is 0. The molecule has 0 saturated carbocycles. The number of aryl methyl sites for hydroxylation is 2. The van der Waals surface area contributed by atoms with Gasteiger partial charge in [0.1, 0.15) is 0 Å². The molecule has 1 heterocycles. The predicted molar refractivity (Wildman–Crippen MR) is 48.7 cm³/mol. The first-order valence-corrected chi connectivity index (χ1v) is 4.22. The molecule has 2 N–H and O–H groups in total. The summed E-state index contributed by atoms with van der Waals surface area (Å²) in [5.74, 6) is 0. The van der Waals surface area contributed by atoms with Gasteiger partial charge in [0.05, 0.1) is 11.4 Å². The molecule has 0 bridgehead atoms. The Hall–Kier alpha value is -0.960. The van der Waals surface area contributed by atoms with Crippen LogP contribution >= 0.6 is 0 Å². The minimum atomic E-state index is 0.242. The number of hydrogen-bond acceptors (Lipinski definition) is 3. The van der Waals surface area contributed by atoms with Crippen molar-refractivity contribution in [2.75, 3.05) is 0 Å². The van der Waals surface area contributed by atoms with Crippen molar-refractivity contribution in [3.8, 4) is 0 Å². The van der Waals surface area contributed by atoms with E-state index < -0.39 is 0 Å². The molecule has 0 aromatic carbocycles.